The Hall–Kier alpha value is -2.89. The Morgan fingerprint density at radius 3 is 2.35 bits per heavy atom. The molecule has 0 saturated heterocycles. The summed E-state index contributed by atoms with van der Waals surface area (Å²) >= 11 is 0. The van der Waals surface area contributed by atoms with Crippen molar-refractivity contribution in [1.82, 2.24) is 10.2 Å². The SMILES string of the molecule is CC(=O)NC1CCC(N2C(=O)c3cccc4c(O)ccc(c34)C2=O)CC1. The van der Waals surface area contributed by atoms with E-state index >= 15 is 0 Å². The van der Waals surface area contributed by atoms with Crippen LogP contribution in [0.25, 0.3) is 10.8 Å². The van der Waals surface area contributed by atoms with Gasteiger partial charge in [-0.05, 0) is 43.9 Å². The first-order valence-corrected chi connectivity index (χ1v) is 8.87. The Kier molecular flexibility index (Phi) is 3.90. The lowest BCUT2D eigenvalue weighted by Gasteiger charge is -2.38. The first kappa shape index (κ1) is 16.6. The van der Waals surface area contributed by atoms with E-state index in [1.165, 1.54) is 17.9 Å². The molecule has 1 heterocycles. The van der Waals surface area contributed by atoms with Crippen LogP contribution in [0.15, 0.2) is 30.3 Å². The van der Waals surface area contributed by atoms with E-state index in [-0.39, 0.29) is 35.6 Å². The molecule has 1 saturated carbocycles. The summed E-state index contributed by atoms with van der Waals surface area (Å²) in [6.45, 7) is 1.50. The van der Waals surface area contributed by atoms with Crippen molar-refractivity contribution in [2.75, 3.05) is 0 Å². The van der Waals surface area contributed by atoms with E-state index in [4.69, 9.17) is 0 Å². The van der Waals surface area contributed by atoms with Gasteiger partial charge in [0.25, 0.3) is 11.8 Å². The van der Waals surface area contributed by atoms with E-state index < -0.39 is 0 Å². The molecule has 0 bridgehead atoms. The van der Waals surface area contributed by atoms with Crippen LogP contribution < -0.4 is 5.32 Å². The maximum Gasteiger partial charge on any atom is 0.261 e. The van der Waals surface area contributed by atoms with Gasteiger partial charge in [-0.25, -0.2) is 0 Å². The van der Waals surface area contributed by atoms with Gasteiger partial charge >= 0.3 is 0 Å². The quantitative estimate of drug-likeness (QED) is 0.814. The molecule has 0 unspecified atom stereocenters. The summed E-state index contributed by atoms with van der Waals surface area (Å²) in [5.74, 6) is -0.599. The third kappa shape index (κ3) is 2.53. The minimum atomic E-state index is -0.304. The third-order valence-electron chi connectivity index (χ3n) is 5.39. The number of nitrogens with one attached hydrogen (secondary N) is 1. The molecular formula is C20H20N2O4. The van der Waals surface area contributed by atoms with Crippen molar-refractivity contribution in [3.63, 3.8) is 0 Å². The molecule has 0 atom stereocenters. The topological polar surface area (TPSA) is 86.7 Å². The highest BCUT2D eigenvalue weighted by Crippen LogP contribution is 2.37. The van der Waals surface area contributed by atoms with E-state index in [0.717, 1.165) is 12.8 Å². The fourth-order valence-electron chi connectivity index (χ4n) is 4.20. The molecule has 3 amide bonds. The van der Waals surface area contributed by atoms with Gasteiger partial charge in [0.05, 0.1) is 0 Å². The van der Waals surface area contributed by atoms with E-state index in [1.54, 1.807) is 24.3 Å². The Morgan fingerprint density at radius 2 is 1.69 bits per heavy atom. The third-order valence-corrected chi connectivity index (χ3v) is 5.39. The second kappa shape index (κ2) is 6.12. The van der Waals surface area contributed by atoms with Crippen LogP contribution in [-0.2, 0) is 4.79 Å². The van der Waals surface area contributed by atoms with Crippen molar-refractivity contribution in [2.45, 2.75) is 44.7 Å². The monoisotopic (exact) mass is 352 g/mol. The number of carbonyl (C=O) groups excluding carboxylic acids is 3. The molecular weight excluding hydrogens is 332 g/mol. The summed E-state index contributed by atoms with van der Waals surface area (Å²) in [4.78, 5) is 38.7. The first-order valence-electron chi connectivity index (χ1n) is 8.87. The average molecular weight is 352 g/mol. The molecule has 4 rings (SSSR count). The van der Waals surface area contributed by atoms with Gasteiger partial charge in [0, 0.05) is 40.9 Å². The van der Waals surface area contributed by atoms with Crippen molar-refractivity contribution < 1.29 is 19.5 Å². The van der Waals surface area contributed by atoms with Gasteiger partial charge in [0.2, 0.25) is 5.91 Å². The molecule has 2 N–H and O–H groups in total. The summed E-state index contributed by atoms with van der Waals surface area (Å²) in [5, 5.41) is 14.0. The van der Waals surface area contributed by atoms with Crippen LogP contribution in [0, 0.1) is 0 Å². The highest BCUT2D eigenvalue weighted by Gasteiger charge is 2.39. The zero-order chi connectivity index (χ0) is 18.4. The Labute approximate surface area is 150 Å². The minimum Gasteiger partial charge on any atom is -0.507 e. The molecule has 1 fully saturated rings. The smallest absolute Gasteiger partial charge is 0.261 e. The Morgan fingerprint density at radius 1 is 1.04 bits per heavy atom. The van der Waals surface area contributed by atoms with Gasteiger partial charge < -0.3 is 10.4 Å². The van der Waals surface area contributed by atoms with Crippen LogP contribution >= 0.6 is 0 Å². The molecule has 2 aliphatic rings. The maximum absolute atomic E-state index is 13.0. The molecule has 6 nitrogen and oxygen atoms in total. The van der Waals surface area contributed by atoms with Crippen LogP contribution in [0.5, 0.6) is 5.75 Å². The molecule has 134 valence electrons. The van der Waals surface area contributed by atoms with E-state index in [0.29, 0.717) is 34.7 Å². The van der Waals surface area contributed by atoms with Crippen molar-refractivity contribution in [1.29, 1.82) is 0 Å². The largest absolute Gasteiger partial charge is 0.507 e. The van der Waals surface area contributed by atoms with E-state index in [9.17, 15) is 19.5 Å². The summed E-state index contributed by atoms with van der Waals surface area (Å²) in [6, 6.07) is 8.17. The van der Waals surface area contributed by atoms with Crippen LogP contribution in [0.2, 0.25) is 0 Å². The number of hydrogen-bond donors (Lipinski definition) is 2. The minimum absolute atomic E-state index is 0.0565. The zero-order valence-electron chi connectivity index (χ0n) is 14.5. The fraction of sp³-hybridized carbons (Fsp3) is 0.350. The molecule has 2 aromatic carbocycles. The number of hydrogen-bond acceptors (Lipinski definition) is 4. The number of phenols is 1. The number of rotatable bonds is 2. The number of phenolic OH excluding ortho intramolecular Hbond substituents is 1. The highest BCUT2D eigenvalue weighted by molar-refractivity contribution is 6.26. The van der Waals surface area contributed by atoms with Crippen LogP contribution in [-0.4, -0.2) is 39.8 Å². The zero-order valence-corrected chi connectivity index (χ0v) is 14.5. The Bertz CT molecular complexity index is 907. The summed E-state index contributed by atoms with van der Waals surface area (Å²) in [5.41, 5.74) is 0.911. The van der Waals surface area contributed by atoms with E-state index in [1.807, 2.05) is 0 Å². The van der Waals surface area contributed by atoms with Crippen molar-refractivity contribution in [2.24, 2.45) is 0 Å². The van der Waals surface area contributed by atoms with Crippen molar-refractivity contribution >= 4 is 28.5 Å². The van der Waals surface area contributed by atoms with Gasteiger partial charge in [-0.1, -0.05) is 12.1 Å². The van der Waals surface area contributed by atoms with Crippen LogP contribution in [0.1, 0.15) is 53.3 Å². The van der Waals surface area contributed by atoms with E-state index in [2.05, 4.69) is 5.32 Å². The first-order chi connectivity index (χ1) is 12.5. The predicted octanol–water partition coefficient (Wildman–Crippen LogP) is 2.59. The molecule has 0 spiro atoms. The van der Waals surface area contributed by atoms with Crippen LogP contribution in [0.3, 0.4) is 0 Å². The number of aromatic hydroxyl groups is 1. The molecule has 26 heavy (non-hydrogen) atoms. The van der Waals surface area contributed by atoms with Gasteiger partial charge in [-0.2, -0.15) is 0 Å². The summed E-state index contributed by atoms with van der Waals surface area (Å²) in [7, 11) is 0. The lowest BCUT2D eigenvalue weighted by Crippen LogP contribution is -2.50. The van der Waals surface area contributed by atoms with Gasteiger partial charge in [-0.15, -0.1) is 0 Å². The number of carbonyl (C=O) groups is 3. The average Bonchev–Trinajstić information content (AvgIpc) is 2.62. The lowest BCUT2D eigenvalue weighted by atomic mass is 9.87. The molecule has 0 radical (unpaired) electrons. The van der Waals surface area contributed by atoms with Crippen LogP contribution in [0.4, 0.5) is 0 Å². The molecule has 6 heteroatoms. The van der Waals surface area contributed by atoms with Gasteiger partial charge in [-0.3, -0.25) is 19.3 Å². The molecule has 2 aromatic rings. The Balaban J connectivity index is 1.66. The second-order valence-electron chi connectivity index (χ2n) is 7.05. The second-order valence-corrected chi connectivity index (χ2v) is 7.05. The van der Waals surface area contributed by atoms with Gasteiger partial charge in [0.15, 0.2) is 0 Å². The predicted molar refractivity (Wildman–Crippen MR) is 96.0 cm³/mol. The van der Waals surface area contributed by atoms with Gasteiger partial charge in [0.1, 0.15) is 5.75 Å². The number of nitrogens with zero attached hydrogens (tertiary/aromatic N) is 1. The maximum atomic E-state index is 13.0. The van der Waals surface area contributed by atoms with Crippen molar-refractivity contribution in [3.05, 3.63) is 41.5 Å². The van der Waals surface area contributed by atoms with Crippen molar-refractivity contribution in [3.8, 4) is 5.75 Å². The number of amides is 3. The number of benzene rings is 2. The normalized spacial score (nSPS) is 22.6. The fourth-order valence-corrected chi connectivity index (χ4v) is 4.20. The molecule has 1 aliphatic carbocycles. The molecule has 0 aromatic heterocycles. The standard InChI is InChI=1S/C20H20N2O4/c1-11(23)21-12-5-7-13(8-6-12)22-19(25)15-4-2-3-14-17(24)10-9-16(18(14)15)20(22)26/h2-4,9-10,12-13,24H,5-8H2,1H3,(H,21,23). The summed E-state index contributed by atoms with van der Waals surface area (Å²) < 4.78 is 0. The molecule has 1 aliphatic heterocycles. The number of imide groups is 1. The summed E-state index contributed by atoms with van der Waals surface area (Å²) in [6.07, 6.45) is 2.83. The highest BCUT2D eigenvalue weighted by atomic mass is 16.3. The lowest BCUT2D eigenvalue weighted by molar-refractivity contribution is -0.119.